The number of hydrogen-bond acceptors (Lipinski definition) is 1. The molecule has 0 saturated carbocycles. The van der Waals surface area contributed by atoms with Crippen molar-refractivity contribution in [2.75, 3.05) is 0 Å². The number of alkyl halides is 5. The average molecular weight is 470 g/mol. The lowest BCUT2D eigenvalue weighted by Crippen LogP contribution is -2.35. The zero-order chi connectivity index (χ0) is 21.0. The highest BCUT2D eigenvalue weighted by Gasteiger charge is 2.60. The summed E-state index contributed by atoms with van der Waals surface area (Å²) in [5.74, 6) is -5.01. The number of hydrogen-bond donors (Lipinski definition) is 0. The zero-order valence-corrected chi connectivity index (χ0v) is 16.5. The molecule has 0 saturated heterocycles. The lowest BCUT2D eigenvalue weighted by Gasteiger charge is -2.21. The van der Waals surface area contributed by atoms with Crippen LogP contribution in [-0.4, -0.2) is 20.5 Å². The summed E-state index contributed by atoms with van der Waals surface area (Å²) in [6.07, 6.45) is -0.954. The SMILES string of the molecule is Cc1cc(-n2nccc2C(F)(F)C(F)(F)F)ccc1-n1cc2cccc(Br)c2c1. The maximum Gasteiger partial charge on any atom is 0.459 e. The smallest absolute Gasteiger partial charge is 0.322 e. The number of rotatable bonds is 3. The van der Waals surface area contributed by atoms with Crippen LogP contribution in [-0.2, 0) is 5.92 Å². The number of halogens is 6. The Morgan fingerprint density at radius 1 is 0.966 bits per heavy atom. The number of benzene rings is 2. The summed E-state index contributed by atoms with van der Waals surface area (Å²) in [5, 5.41) is 5.68. The molecular formula is C20H13BrF5N3. The summed E-state index contributed by atoms with van der Waals surface area (Å²) in [6.45, 7) is 1.75. The van der Waals surface area contributed by atoms with Crippen molar-refractivity contribution in [2.45, 2.75) is 19.0 Å². The third-order valence-electron chi connectivity index (χ3n) is 4.66. The summed E-state index contributed by atoms with van der Waals surface area (Å²) in [5.41, 5.74) is 0.352. The summed E-state index contributed by atoms with van der Waals surface area (Å²) in [7, 11) is 0. The van der Waals surface area contributed by atoms with E-state index >= 15 is 0 Å². The van der Waals surface area contributed by atoms with Crippen LogP contribution in [0.3, 0.4) is 0 Å². The van der Waals surface area contributed by atoms with Crippen molar-refractivity contribution >= 4 is 26.7 Å². The van der Waals surface area contributed by atoms with Gasteiger partial charge in [0, 0.05) is 39.5 Å². The Morgan fingerprint density at radius 3 is 2.38 bits per heavy atom. The Labute approximate surface area is 170 Å². The highest BCUT2D eigenvalue weighted by Crippen LogP contribution is 2.44. The van der Waals surface area contributed by atoms with E-state index in [-0.39, 0.29) is 5.69 Å². The van der Waals surface area contributed by atoms with Gasteiger partial charge in [-0.15, -0.1) is 0 Å². The first kappa shape index (κ1) is 19.6. The maximum atomic E-state index is 13.8. The molecule has 2 aromatic heterocycles. The monoisotopic (exact) mass is 469 g/mol. The summed E-state index contributed by atoms with van der Waals surface area (Å²) in [6, 6.07) is 11.1. The summed E-state index contributed by atoms with van der Waals surface area (Å²) >= 11 is 3.49. The van der Waals surface area contributed by atoms with Gasteiger partial charge in [-0.1, -0.05) is 28.1 Å². The Kier molecular flexibility index (Phi) is 4.53. The van der Waals surface area contributed by atoms with Gasteiger partial charge in [-0.25, -0.2) is 4.68 Å². The van der Waals surface area contributed by atoms with Crippen molar-refractivity contribution in [1.29, 1.82) is 0 Å². The van der Waals surface area contributed by atoms with E-state index in [1.807, 2.05) is 35.2 Å². The predicted molar refractivity (Wildman–Crippen MR) is 103 cm³/mol. The van der Waals surface area contributed by atoms with E-state index in [2.05, 4.69) is 21.0 Å². The average Bonchev–Trinajstić information content (AvgIpc) is 3.28. The fraction of sp³-hybridized carbons (Fsp3) is 0.150. The van der Waals surface area contributed by atoms with E-state index in [9.17, 15) is 22.0 Å². The second-order valence-corrected chi connectivity index (χ2v) is 7.43. The molecule has 0 amide bonds. The van der Waals surface area contributed by atoms with Crippen LogP contribution in [0.5, 0.6) is 0 Å². The largest absolute Gasteiger partial charge is 0.459 e. The van der Waals surface area contributed by atoms with Crippen LogP contribution < -0.4 is 0 Å². The first-order chi connectivity index (χ1) is 13.6. The molecule has 0 bridgehead atoms. The standard InChI is InChI=1S/C20H13BrF5N3/c1-12-9-14(29-18(7-8-27-29)19(22,23)20(24,25)26)5-6-17(12)28-10-13-3-2-4-16(21)15(13)11-28/h2-11H,1H3. The third kappa shape index (κ3) is 3.23. The Morgan fingerprint density at radius 2 is 1.72 bits per heavy atom. The number of nitrogens with zero attached hydrogens (tertiary/aromatic N) is 3. The van der Waals surface area contributed by atoms with E-state index in [4.69, 9.17) is 0 Å². The summed E-state index contributed by atoms with van der Waals surface area (Å²) < 4.78 is 69.5. The van der Waals surface area contributed by atoms with Gasteiger partial charge in [0.25, 0.3) is 0 Å². The van der Waals surface area contributed by atoms with Gasteiger partial charge in [0.05, 0.1) is 5.69 Å². The van der Waals surface area contributed by atoms with Gasteiger partial charge >= 0.3 is 12.1 Å². The lowest BCUT2D eigenvalue weighted by molar-refractivity contribution is -0.291. The van der Waals surface area contributed by atoms with E-state index in [1.165, 1.54) is 12.1 Å². The van der Waals surface area contributed by atoms with Gasteiger partial charge in [0.15, 0.2) is 0 Å². The van der Waals surface area contributed by atoms with Gasteiger partial charge < -0.3 is 4.57 Å². The maximum absolute atomic E-state index is 13.8. The molecule has 0 aliphatic rings. The molecule has 0 radical (unpaired) electrons. The molecule has 0 aliphatic heterocycles. The molecule has 0 spiro atoms. The minimum absolute atomic E-state index is 0.119. The molecular weight excluding hydrogens is 457 g/mol. The van der Waals surface area contributed by atoms with E-state index in [0.29, 0.717) is 16.3 Å². The van der Waals surface area contributed by atoms with Crippen LogP contribution in [0.4, 0.5) is 22.0 Å². The molecule has 2 heterocycles. The van der Waals surface area contributed by atoms with Crippen LogP contribution in [0.2, 0.25) is 0 Å². The summed E-state index contributed by atoms with van der Waals surface area (Å²) in [4.78, 5) is 0. The van der Waals surface area contributed by atoms with Crippen LogP contribution in [0.25, 0.3) is 22.1 Å². The Bertz CT molecular complexity index is 1210. The lowest BCUT2D eigenvalue weighted by atomic mass is 10.1. The topological polar surface area (TPSA) is 22.8 Å². The number of aromatic nitrogens is 3. The Hall–Kier alpha value is -2.68. The first-order valence-electron chi connectivity index (χ1n) is 8.46. The molecule has 0 aliphatic carbocycles. The van der Waals surface area contributed by atoms with Crippen molar-refractivity contribution in [1.82, 2.24) is 14.3 Å². The molecule has 4 rings (SSSR count). The number of fused-ring (bicyclic) bond motifs is 1. The van der Waals surface area contributed by atoms with Crippen molar-refractivity contribution in [2.24, 2.45) is 0 Å². The second kappa shape index (κ2) is 6.69. The van der Waals surface area contributed by atoms with Crippen LogP contribution >= 0.6 is 15.9 Å². The molecule has 29 heavy (non-hydrogen) atoms. The molecule has 3 nitrogen and oxygen atoms in total. The fourth-order valence-electron chi connectivity index (χ4n) is 3.22. The molecule has 9 heteroatoms. The molecule has 0 N–H and O–H groups in total. The van der Waals surface area contributed by atoms with Crippen molar-refractivity contribution in [3.63, 3.8) is 0 Å². The Balaban J connectivity index is 1.78. The zero-order valence-electron chi connectivity index (χ0n) is 14.9. The highest BCUT2D eigenvalue weighted by atomic mass is 79.9. The number of aryl methyl sites for hydroxylation is 1. The van der Waals surface area contributed by atoms with Gasteiger partial charge in [0.1, 0.15) is 5.69 Å². The van der Waals surface area contributed by atoms with Crippen LogP contribution in [0.15, 0.2) is 65.5 Å². The minimum Gasteiger partial charge on any atom is -0.322 e. The van der Waals surface area contributed by atoms with Gasteiger partial charge in [-0.3, -0.25) is 0 Å². The normalized spacial score (nSPS) is 12.7. The van der Waals surface area contributed by atoms with E-state index < -0.39 is 17.8 Å². The predicted octanol–water partition coefficient (Wildman–Crippen LogP) is 6.54. The molecule has 150 valence electrons. The van der Waals surface area contributed by atoms with Crippen molar-refractivity contribution < 1.29 is 22.0 Å². The molecule has 4 aromatic rings. The highest BCUT2D eigenvalue weighted by molar-refractivity contribution is 9.10. The molecule has 0 fully saturated rings. The molecule has 0 atom stereocenters. The molecule has 2 aromatic carbocycles. The van der Waals surface area contributed by atoms with Gasteiger partial charge in [-0.2, -0.15) is 27.1 Å². The van der Waals surface area contributed by atoms with Gasteiger partial charge in [0.2, 0.25) is 0 Å². The first-order valence-corrected chi connectivity index (χ1v) is 9.25. The van der Waals surface area contributed by atoms with Gasteiger partial charge in [-0.05, 0) is 42.8 Å². The third-order valence-corrected chi connectivity index (χ3v) is 5.35. The van der Waals surface area contributed by atoms with E-state index in [0.717, 1.165) is 27.1 Å². The molecule has 0 unspecified atom stereocenters. The second-order valence-electron chi connectivity index (χ2n) is 6.58. The van der Waals surface area contributed by atoms with Crippen LogP contribution in [0, 0.1) is 6.92 Å². The minimum atomic E-state index is -5.71. The van der Waals surface area contributed by atoms with Crippen LogP contribution in [0.1, 0.15) is 11.3 Å². The van der Waals surface area contributed by atoms with Crippen molar-refractivity contribution in [3.05, 3.63) is 76.8 Å². The van der Waals surface area contributed by atoms with Crippen molar-refractivity contribution in [3.8, 4) is 11.4 Å². The van der Waals surface area contributed by atoms with E-state index in [1.54, 1.807) is 13.0 Å². The quantitative estimate of drug-likeness (QED) is 0.312. The fourth-order valence-corrected chi connectivity index (χ4v) is 3.70.